The fourth-order valence-corrected chi connectivity index (χ4v) is 1.95. The molecule has 1 aromatic rings. The third kappa shape index (κ3) is 6.29. The maximum absolute atomic E-state index is 11.7. The summed E-state index contributed by atoms with van der Waals surface area (Å²) in [6, 6.07) is 3.29. The summed E-state index contributed by atoms with van der Waals surface area (Å²) in [4.78, 5) is 12.8. The first-order valence-corrected chi connectivity index (χ1v) is 6.28. The van der Waals surface area contributed by atoms with E-state index in [1.54, 1.807) is 12.1 Å². The van der Waals surface area contributed by atoms with E-state index in [1.807, 2.05) is 0 Å². The number of thiophene rings is 1. The third-order valence-corrected chi connectivity index (χ3v) is 2.90. The fraction of sp³-hybridized carbons (Fsp3) is 0.417. The molecule has 0 unspecified atom stereocenters. The Bertz CT molecular complexity index is 465. The van der Waals surface area contributed by atoms with Crippen molar-refractivity contribution >= 4 is 17.2 Å². The normalized spacial score (nSPS) is 10.1. The zero-order chi connectivity index (χ0) is 14.1. The van der Waals surface area contributed by atoms with E-state index in [2.05, 4.69) is 21.9 Å². The summed E-state index contributed by atoms with van der Waals surface area (Å²) in [6.45, 7) is -0.656. The molecule has 1 amide bonds. The van der Waals surface area contributed by atoms with Gasteiger partial charge in [-0.25, -0.2) is 8.78 Å². The van der Waals surface area contributed by atoms with Gasteiger partial charge in [0.2, 0.25) is 0 Å². The molecule has 0 spiro atoms. The maximum atomic E-state index is 11.7. The van der Waals surface area contributed by atoms with Crippen LogP contribution < -0.4 is 5.32 Å². The lowest BCUT2D eigenvalue weighted by atomic mass is 10.4. The zero-order valence-corrected chi connectivity index (χ0v) is 10.8. The molecule has 1 rings (SSSR count). The highest BCUT2D eigenvalue weighted by Crippen LogP contribution is 2.14. The van der Waals surface area contributed by atoms with Gasteiger partial charge in [0.15, 0.2) is 0 Å². The summed E-state index contributed by atoms with van der Waals surface area (Å²) < 4.78 is 28.1. The minimum atomic E-state index is -2.50. The van der Waals surface area contributed by atoms with Crippen LogP contribution in [0.25, 0.3) is 0 Å². The van der Waals surface area contributed by atoms with Gasteiger partial charge in [-0.15, -0.1) is 11.3 Å². The first kappa shape index (κ1) is 15.6. The van der Waals surface area contributed by atoms with E-state index in [0.29, 0.717) is 9.75 Å². The molecule has 0 saturated carbocycles. The molecule has 1 heterocycles. The van der Waals surface area contributed by atoms with E-state index >= 15 is 0 Å². The highest BCUT2D eigenvalue weighted by Gasteiger charge is 2.08. The van der Waals surface area contributed by atoms with E-state index in [-0.39, 0.29) is 25.7 Å². The third-order valence-electron chi connectivity index (χ3n) is 1.90. The number of hydrogen-bond donors (Lipinski definition) is 2. The summed E-state index contributed by atoms with van der Waals surface area (Å²) in [5.41, 5.74) is 0. The lowest BCUT2D eigenvalue weighted by Gasteiger charge is -2.04. The molecule has 0 aliphatic rings. The Morgan fingerprint density at radius 3 is 3.00 bits per heavy atom. The SMILES string of the molecule is O=C(NCCOCC(F)F)c1ccc(C#CCO)s1. The number of carbonyl (C=O) groups excluding carboxylic acids is 1. The number of alkyl halides is 2. The van der Waals surface area contributed by atoms with Crippen LogP contribution in [0.15, 0.2) is 12.1 Å². The van der Waals surface area contributed by atoms with Gasteiger partial charge in [-0.2, -0.15) is 0 Å². The number of carbonyl (C=O) groups is 1. The molecule has 0 aliphatic carbocycles. The average molecular weight is 289 g/mol. The summed E-state index contributed by atoms with van der Waals surface area (Å²) in [7, 11) is 0. The predicted octanol–water partition coefficient (Wildman–Crippen LogP) is 1.10. The average Bonchev–Trinajstić information content (AvgIpc) is 2.84. The Labute approximate surface area is 113 Å². The van der Waals surface area contributed by atoms with Crippen LogP contribution in [0.4, 0.5) is 8.78 Å². The number of amides is 1. The van der Waals surface area contributed by atoms with Crippen LogP contribution in [0, 0.1) is 11.8 Å². The van der Waals surface area contributed by atoms with Gasteiger partial charge >= 0.3 is 0 Å². The highest BCUT2D eigenvalue weighted by molar-refractivity contribution is 7.14. The second-order valence-corrected chi connectivity index (χ2v) is 4.43. The largest absolute Gasteiger partial charge is 0.384 e. The second kappa shape index (κ2) is 8.58. The Kier molecular flexibility index (Phi) is 7.03. The molecule has 2 N–H and O–H groups in total. The molecule has 0 aliphatic heterocycles. The molecule has 0 bridgehead atoms. The molecule has 19 heavy (non-hydrogen) atoms. The van der Waals surface area contributed by atoms with Crippen molar-refractivity contribution in [2.45, 2.75) is 6.43 Å². The van der Waals surface area contributed by atoms with Crippen LogP contribution in [-0.4, -0.2) is 43.8 Å². The van der Waals surface area contributed by atoms with E-state index in [9.17, 15) is 13.6 Å². The number of nitrogens with one attached hydrogen (secondary N) is 1. The van der Waals surface area contributed by atoms with E-state index < -0.39 is 13.0 Å². The van der Waals surface area contributed by atoms with Crippen LogP contribution in [0.5, 0.6) is 0 Å². The van der Waals surface area contributed by atoms with Crippen molar-refractivity contribution in [1.29, 1.82) is 0 Å². The van der Waals surface area contributed by atoms with Crippen molar-refractivity contribution < 1.29 is 23.4 Å². The minimum absolute atomic E-state index is 0.0403. The lowest BCUT2D eigenvalue weighted by Crippen LogP contribution is -2.27. The molecule has 7 heteroatoms. The first-order valence-electron chi connectivity index (χ1n) is 5.47. The molecule has 0 saturated heterocycles. The summed E-state index contributed by atoms with van der Waals surface area (Å²) in [5.74, 6) is 4.87. The van der Waals surface area contributed by atoms with Gasteiger partial charge in [0.1, 0.15) is 13.2 Å². The van der Waals surface area contributed by atoms with Gasteiger partial charge < -0.3 is 15.2 Å². The van der Waals surface area contributed by atoms with Crippen molar-refractivity contribution in [1.82, 2.24) is 5.32 Å². The van der Waals surface area contributed by atoms with Crippen molar-refractivity contribution in [3.8, 4) is 11.8 Å². The standard InChI is InChI=1S/C12H13F2NO3S/c13-11(14)8-18-7-5-15-12(17)10-4-3-9(19-10)2-1-6-16/h3-4,11,16H,5-8H2,(H,15,17). The van der Waals surface area contributed by atoms with Crippen molar-refractivity contribution in [2.24, 2.45) is 0 Å². The molecule has 0 radical (unpaired) electrons. The van der Waals surface area contributed by atoms with Gasteiger partial charge in [0.25, 0.3) is 12.3 Å². The topological polar surface area (TPSA) is 58.6 Å². The number of hydrogen-bond acceptors (Lipinski definition) is 4. The van der Waals surface area contributed by atoms with Crippen LogP contribution in [-0.2, 0) is 4.74 Å². The number of rotatable bonds is 6. The molecular formula is C12H13F2NO3S. The Morgan fingerprint density at radius 1 is 1.53 bits per heavy atom. The molecule has 0 aromatic carbocycles. The fourth-order valence-electron chi connectivity index (χ4n) is 1.15. The lowest BCUT2D eigenvalue weighted by molar-refractivity contribution is 0.0188. The Balaban J connectivity index is 2.31. The molecule has 0 fully saturated rings. The number of halogens is 2. The van der Waals surface area contributed by atoms with E-state index in [1.165, 1.54) is 11.3 Å². The molecule has 0 atom stereocenters. The molecule has 1 aromatic heterocycles. The van der Waals surface area contributed by atoms with Crippen molar-refractivity contribution in [3.63, 3.8) is 0 Å². The monoisotopic (exact) mass is 289 g/mol. The Morgan fingerprint density at radius 2 is 2.32 bits per heavy atom. The van der Waals surface area contributed by atoms with Crippen LogP contribution in [0.3, 0.4) is 0 Å². The number of aliphatic hydroxyl groups excluding tert-OH is 1. The van der Waals surface area contributed by atoms with E-state index in [0.717, 1.165) is 0 Å². The number of aliphatic hydroxyl groups is 1. The van der Waals surface area contributed by atoms with E-state index in [4.69, 9.17) is 5.11 Å². The highest BCUT2D eigenvalue weighted by atomic mass is 32.1. The second-order valence-electron chi connectivity index (χ2n) is 3.35. The van der Waals surface area contributed by atoms with Crippen LogP contribution in [0.2, 0.25) is 0 Å². The number of ether oxygens (including phenoxy) is 1. The van der Waals surface area contributed by atoms with Crippen LogP contribution >= 0.6 is 11.3 Å². The summed E-state index contributed by atoms with van der Waals surface area (Å²) in [5, 5.41) is 11.1. The minimum Gasteiger partial charge on any atom is -0.384 e. The van der Waals surface area contributed by atoms with Gasteiger partial charge in [-0.05, 0) is 12.1 Å². The van der Waals surface area contributed by atoms with Gasteiger partial charge in [-0.3, -0.25) is 4.79 Å². The Hall–Kier alpha value is -1.49. The van der Waals surface area contributed by atoms with Gasteiger partial charge in [0.05, 0.1) is 16.4 Å². The summed E-state index contributed by atoms with van der Waals surface area (Å²) in [6.07, 6.45) is -2.50. The van der Waals surface area contributed by atoms with Gasteiger partial charge in [-0.1, -0.05) is 11.8 Å². The molecule has 104 valence electrons. The maximum Gasteiger partial charge on any atom is 0.261 e. The van der Waals surface area contributed by atoms with Crippen LogP contribution in [0.1, 0.15) is 14.5 Å². The van der Waals surface area contributed by atoms with Gasteiger partial charge in [0, 0.05) is 6.54 Å². The summed E-state index contributed by atoms with van der Waals surface area (Å²) >= 11 is 1.19. The smallest absolute Gasteiger partial charge is 0.261 e. The zero-order valence-electron chi connectivity index (χ0n) is 9.99. The first-order chi connectivity index (χ1) is 9.13. The predicted molar refractivity (Wildman–Crippen MR) is 67.4 cm³/mol. The van der Waals surface area contributed by atoms with Crippen molar-refractivity contribution in [3.05, 3.63) is 21.9 Å². The molecule has 4 nitrogen and oxygen atoms in total. The quantitative estimate of drug-likeness (QED) is 0.609. The van der Waals surface area contributed by atoms with Crippen molar-refractivity contribution in [2.75, 3.05) is 26.4 Å². The molecular weight excluding hydrogens is 276 g/mol.